The zero-order chi connectivity index (χ0) is 26.2. The summed E-state index contributed by atoms with van der Waals surface area (Å²) in [4.78, 5) is 17.0. The second-order valence-electron chi connectivity index (χ2n) is 7.92. The van der Waals surface area contributed by atoms with Crippen LogP contribution in [0.2, 0.25) is 5.02 Å². The van der Waals surface area contributed by atoms with Crippen molar-refractivity contribution < 1.29 is 14.3 Å². The van der Waals surface area contributed by atoms with Gasteiger partial charge < -0.3 is 14.0 Å². The fourth-order valence-electron chi connectivity index (χ4n) is 3.59. The standard InChI is InChI=1S/C23H17ClN2O2.C7H7BrO/c1-28-19-9-5-7-17(13-19)23(27)22-14-26(15-25-22)18-8-4-6-16(12-18)20-10-2-3-11-21(20)24;1-9-7-4-2-6(8)3-5-7/h2-15H,1H3;2-5H,1H3. The third kappa shape index (κ3) is 6.67. The highest BCUT2D eigenvalue weighted by Crippen LogP contribution is 2.29. The molecule has 0 bridgehead atoms. The number of carbonyl (C=O) groups excluding carboxylic acids is 1. The van der Waals surface area contributed by atoms with Crippen molar-refractivity contribution in [3.63, 3.8) is 0 Å². The van der Waals surface area contributed by atoms with Crippen molar-refractivity contribution in [2.75, 3.05) is 14.2 Å². The first-order valence-electron chi connectivity index (χ1n) is 11.4. The second-order valence-corrected chi connectivity index (χ2v) is 9.24. The summed E-state index contributed by atoms with van der Waals surface area (Å²) in [6.45, 7) is 0. The van der Waals surface area contributed by atoms with Gasteiger partial charge in [-0.2, -0.15) is 0 Å². The van der Waals surface area contributed by atoms with E-state index in [1.807, 2.05) is 77.4 Å². The van der Waals surface area contributed by atoms with Gasteiger partial charge in [0.05, 0.1) is 14.2 Å². The van der Waals surface area contributed by atoms with Crippen molar-refractivity contribution in [2.24, 2.45) is 0 Å². The number of ether oxygens (including phenoxy) is 2. The van der Waals surface area contributed by atoms with Crippen molar-refractivity contribution in [1.29, 1.82) is 0 Å². The average Bonchev–Trinajstić information content (AvgIpc) is 3.44. The first-order chi connectivity index (χ1) is 18.0. The lowest BCUT2D eigenvalue weighted by molar-refractivity contribution is 0.103. The Morgan fingerprint density at radius 2 is 1.57 bits per heavy atom. The molecule has 1 heterocycles. The Balaban J connectivity index is 0.000000301. The molecule has 0 amide bonds. The van der Waals surface area contributed by atoms with E-state index in [2.05, 4.69) is 20.9 Å². The lowest BCUT2D eigenvalue weighted by Gasteiger charge is -2.07. The Bertz CT molecular complexity index is 1500. The van der Waals surface area contributed by atoms with Gasteiger partial charge in [-0.25, -0.2) is 4.98 Å². The van der Waals surface area contributed by atoms with Crippen LogP contribution >= 0.6 is 27.5 Å². The van der Waals surface area contributed by atoms with Gasteiger partial charge in [-0.15, -0.1) is 0 Å². The van der Waals surface area contributed by atoms with Gasteiger partial charge in [-0.05, 0) is 60.2 Å². The molecule has 5 rings (SSSR count). The van der Waals surface area contributed by atoms with E-state index in [0.717, 1.165) is 27.0 Å². The number of ketones is 1. The molecule has 0 unspecified atom stereocenters. The van der Waals surface area contributed by atoms with E-state index in [-0.39, 0.29) is 5.78 Å². The van der Waals surface area contributed by atoms with Gasteiger partial charge in [-0.3, -0.25) is 4.79 Å². The van der Waals surface area contributed by atoms with Crippen molar-refractivity contribution in [3.05, 3.63) is 130 Å². The van der Waals surface area contributed by atoms with Crippen LogP contribution in [0.4, 0.5) is 0 Å². The number of hydrogen-bond acceptors (Lipinski definition) is 4. The molecular formula is C30H24BrClN2O3. The molecule has 0 N–H and O–H groups in total. The Hall–Kier alpha value is -3.87. The SMILES string of the molecule is COc1ccc(Br)cc1.COc1cccc(C(=O)c2cn(-c3cccc(-c4ccccc4Cl)c3)cn2)c1. The van der Waals surface area contributed by atoms with E-state index >= 15 is 0 Å². The first kappa shape index (κ1) is 26.2. The number of carbonyl (C=O) groups is 1. The molecule has 5 nitrogen and oxygen atoms in total. The highest BCUT2D eigenvalue weighted by molar-refractivity contribution is 9.10. The summed E-state index contributed by atoms with van der Waals surface area (Å²) in [6, 6.07) is 30.4. The minimum Gasteiger partial charge on any atom is -0.497 e. The zero-order valence-corrected chi connectivity index (χ0v) is 22.6. The number of imidazole rings is 1. The number of aromatic nitrogens is 2. The summed E-state index contributed by atoms with van der Waals surface area (Å²) in [5.74, 6) is 1.37. The maximum atomic E-state index is 12.7. The van der Waals surface area contributed by atoms with Crippen LogP contribution in [0.25, 0.3) is 16.8 Å². The largest absolute Gasteiger partial charge is 0.497 e. The molecule has 0 aliphatic heterocycles. The smallest absolute Gasteiger partial charge is 0.213 e. The van der Waals surface area contributed by atoms with Crippen LogP contribution in [-0.2, 0) is 0 Å². The van der Waals surface area contributed by atoms with Crippen LogP contribution in [0.15, 0.2) is 114 Å². The Morgan fingerprint density at radius 1 is 0.838 bits per heavy atom. The molecule has 7 heteroatoms. The number of hydrogen-bond donors (Lipinski definition) is 0. The minimum atomic E-state index is -0.153. The van der Waals surface area contributed by atoms with Crippen LogP contribution in [0.5, 0.6) is 11.5 Å². The van der Waals surface area contributed by atoms with Crippen molar-refractivity contribution in [3.8, 4) is 28.3 Å². The van der Waals surface area contributed by atoms with E-state index in [4.69, 9.17) is 21.1 Å². The van der Waals surface area contributed by atoms with Crippen LogP contribution < -0.4 is 9.47 Å². The maximum absolute atomic E-state index is 12.7. The van der Waals surface area contributed by atoms with Crippen molar-refractivity contribution in [1.82, 2.24) is 9.55 Å². The molecule has 0 aliphatic rings. The number of rotatable bonds is 6. The van der Waals surface area contributed by atoms with E-state index < -0.39 is 0 Å². The molecule has 0 saturated heterocycles. The second kappa shape index (κ2) is 12.4. The number of nitrogens with zero attached hydrogens (tertiary/aromatic N) is 2. The summed E-state index contributed by atoms with van der Waals surface area (Å²) < 4.78 is 13.0. The van der Waals surface area contributed by atoms with Gasteiger partial charge in [0.2, 0.25) is 5.78 Å². The van der Waals surface area contributed by atoms with E-state index in [1.165, 1.54) is 0 Å². The third-order valence-electron chi connectivity index (χ3n) is 5.53. The average molecular weight is 576 g/mol. The van der Waals surface area contributed by atoms with Crippen molar-refractivity contribution >= 4 is 33.3 Å². The number of halogens is 2. The van der Waals surface area contributed by atoms with E-state index in [1.54, 1.807) is 51.0 Å². The summed E-state index contributed by atoms with van der Waals surface area (Å²) in [5.41, 5.74) is 3.76. The summed E-state index contributed by atoms with van der Waals surface area (Å²) in [5, 5.41) is 0.694. The van der Waals surface area contributed by atoms with Gasteiger partial charge in [-0.1, -0.05) is 70.0 Å². The van der Waals surface area contributed by atoms with E-state index in [0.29, 0.717) is 22.0 Å². The topological polar surface area (TPSA) is 53.4 Å². The summed E-state index contributed by atoms with van der Waals surface area (Å²) in [6.07, 6.45) is 3.37. The predicted molar refractivity (Wildman–Crippen MR) is 151 cm³/mol. The first-order valence-corrected chi connectivity index (χ1v) is 12.5. The quantitative estimate of drug-likeness (QED) is 0.193. The Kier molecular flexibility index (Phi) is 8.77. The molecule has 0 aliphatic carbocycles. The molecule has 186 valence electrons. The van der Waals surface area contributed by atoms with Gasteiger partial charge in [0.25, 0.3) is 0 Å². The molecule has 1 aromatic heterocycles. The van der Waals surface area contributed by atoms with Gasteiger partial charge in [0.15, 0.2) is 0 Å². The molecule has 0 spiro atoms. The lowest BCUT2D eigenvalue weighted by atomic mass is 10.1. The van der Waals surface area contributed by atoms with Crippen LogP contribution in [0.1, 0.15) is 16.1 Å². The predicted octanol–water partition coefficient (Wildman–Crippen LogP) is 7.89. The fourth-order valence-corrected chi connectivity index (χ4v) is 4.10. The third-order valence-corrected chi connectivity index (χ3v) is 6.38. The molecule has 4 aromatic carbocycles. The fraction of sp³-hybridized carbons (Fsp3) is 0.0667. The highest BCUT2D eigenvalue weighted by Gasteiger charge is 2.14. The van der Waals surface area contributed by atoms with Gasteiger partial charge in [0, 0.05) is 32.5 Å². The molecule has 0 radical (unpaired) electrons. The molecule has 0 fully saturated rings. The minimum absolute atomic E-state index is 0.153. The molecule has 0 saturated carbocycles. The zero-order valence-electron chi connectivity index (χ0n) is 20.3. The molecular weight excluding hydrogens is 552 g/mol. The van der Waals surface area contributed by atoms with Gasteiger partial charge >= 0.3 is 0 Å². The number of methoxy groups -OCH3 is 2. The van der Waals surface area contributed by atoms with Crippen LogP contribution in [-0.4, -0.2) is 29.6 Å². The highest BCUT2D eigenvalue weighted by atomic mass is 79.9. The lowest BCUT2D eigenvalue weighted by Crippen LogP contribution is -2.02. The Labute approximate surface area is 229 Å². The van der Waals surface area contributed by atoms with Gasteiger partial charge in [0.1, 0.15) is 23.5 Å². The maximum Gasteiger partial charge on any atom is 0.213 e. The molecule has 37 heavy (non-hydrogen) atoms. The van der Waals surface area contributed by atoms with Crippen LogP contribution in [0, 0.1) is 0 Å². The molecule has 5 aromatic rings. The van der Waals surface area contributed by atoms with Crippen LogP contribution in [0.3, 0.4) is 0 Å². The normalized spacial score (nSPS) is 10.3. The summed E-state index contributed by atoms with van der Waals surface area (Å²) in [7, 11) is 3.23. The number of benzene rings is 4. The summed E-state index contributed by atoms with van der Waals surface area (Å²) >= 11 is 9.64. The molecule has 0 atom stereocenters. The Morgan fingerprint density at radius 3 is 2.30 bits per heavy atom. The van der Waals surface area contributed by atoms with E-state index in [9.17, 15) is 4.79 Å². The monoisotopic (exact) mass is 574 g/mol. The van der Waals surface area contributed by atoms with Crippen molar-refractivity contribution in [2.45, 2.75) is 0 Å².